The Morgan fingerprint density at radius 3 is 2.29 bits per heavy atom. The third-order valence-corrected chi connectivity index (χ3v) is 4.73. The van der Waals surface area contributed by atoms with E-state index in [-0.39, 0.29) is 0 Å². The van der Waals surface area contributed by atoms with E-state index in [0.717, 1.165) is 12.2 Å². The fourth-order valence-corrected chi connectivity index (χ4v) is 3.95. The lowest BCUT2D eigenvalue weighted by Gasteiger charge is -2.51. The quantitative estimate of drug-likeness (QED) is 0.610. The zero-order valence-electron chi connectivity index (χ0n) is 11.6. The van der Waals surface area contributed by atoms with Gasteiger partial charge >= 0.3 is 0 Å². The Morgan fingerprint density at radius 1 is 1.12 bits per heavy atom. The molecule has 0 aliphatic carbocycles. The molecule has 2 nitrogen and oxygen atoms in total. The van der Waals surface area contributed by atoms with Gasteiger partial charge in [0.1, 0.15) is 0 Å². The molecule has 1 aliphatic rings. The van der Waals surface area contributed by atoms with Crippen LogP contribution in [0.5, 0.6) is 0 Å². The minimum absolute atomic E-state index is 0.340. The molecular formula is C14H29NOS. The summed E-state index contributed by atoms with van der Waals surface area (Å²) in [7, 11) is 0. The molecule has 1 saturated heterocycles. The molecule has 3 heteroatoms. The number of thioether (sulfide) groups is 1. The third-order valence-electron chi connectivity index (χ3n) is 3.68. The highest BCUT2D eigenvalue weighted by molar-refractivity contribution is 7.99. The van der Waals surface area contributed by atoms with Gasteiger partial charge in [0.2, 0.25) is 0 Å². The summed E-state index contributed by atoms with van der Waals surface area (Å²) in [6.45, 7) is 8.86. The smallest absolute Gasteiger partial charge is 0.0438 e. The first-order valence-corrected chi connectivity index (χ1v) is 8.33. The van der Waals surface area contributed by atoms with E-state index in [2.05, 4.69) is 18.7 Å². The van der Waals surface area contributed by atoms with E-state index in [1.165, 1.54) is 51.1 Å². The number of likely N-dealkylation sites (tertiary alicyclic amines) is 1. The highest BCUT2D eigenvalue weighted by atomic mass is 32.2. The minimum atomic E-state index is 0.340. The Balaban J connectivity index is 2.07. The molecule has 0 saturated carbocycles. The van der Waals surface area contributed by atoms with E-state index in [4.69, 9.17) is 5.11 Å². The normalized spacial score (nSPS) is 19.2. The lowest BCUT2D eigenvalue weighted by molar-refractivity contribution is -0.00958. The average molecular weight is 259 g/mol. The van der Waals surface area contributed by atoms with Gasteiger partial charge in [0, 0.05) is 32.0 Å². The maximum atomic E-state index is 8.70. The molecule has 1 N–H and O–H groups in total. The summed E-state index contributed by atoms with van der Waals surface area (Å²) in [6, 6.07) is 0. The molecule has 1 aliphatic heterocycles. The Hall–Kier alpha value is 0.270. The highest BCUT2D eigenvalue weighted by Crippen LogP contribution is 2.39. The molecule has 17 heavy (non-hydrogen) atoms. The van der Waals surface area contributed by atoms with Gasteiger partial charge in [-0.15, -0.1) is 0 Å². The molecule has 0 spiro atoms. The second-order valence-corrected chi connectivity index (χ2v) is 6.62. The van der Waals surface area contributed by atoms with Crippen molar-refractivity contribution in [3.8, 4) is 0 Å². The average Bonchev–Trinajstić information content (AvgIpc) is 2.26. The van der Waals surface area contributed by atoms with E-state index in [0.29, 0.717) is 12.0 Å². The fraction of sp³-hybridized carbons (Fsp3) is 1.00. The predicted octanol–water partition coefficient (Wildman–Crippen LogP) is 3.00. The molecule has 0 amide bonds. The number of nitrogens with zero attached hydrogens (tertiary/aromatic N) is 1. The van der Waals surface area contributed by atoms with Crippen LogP contribution in [0.15, 0.2) is 0 Å². The van der Waals surface area contributed by atoms with Gasteiger partial charge in [-0.3, -0.25) is 0 Å². The van der Waals surface area contributed by atoms with Gasteiger partial charge in [0.05, 0.1) is 0 Å². The Labute approximate surface area is 111 Å². The second kappa shape index (κ2) is 8.39. The lowest BCUT2D eigenvalue weighted by atomic mass is 9.73. The van der Waals surface area contributed by atoms with Crippen molar-refractivity contribution in [3.05, 3.63) is 0 Å². The van der Waals surface area contributed by atoms with Crippen molar-refractivity contribution in [2.45, 2.75) is 46.0 Å². The van der Waals surface area contributed by atoms with Gasteiger partial charge in [0.15, 0.2) is 0 Å². The summed E-state index contributed by atoms with van der Waals surface area (Å²) >= 11 is 1.98. The van der Waals surface area contributed by atoms with Crippen LogP contribution < -0.4 is 0 Å². The molecule has 1 rings (SSSR count). The van der Waals surface area contributed by atoms with Crippen molar-refractivity contribution in [1.29, 1.82) is 0 Å². The van der Waals surface area contributed by atoms with Gasteiger partial charge in [0.25, 0.3) is 0 Å². The largest absolute Gasteiger partial charge is 0.396 e. The SMILES string of the molecule is CCCC1(CCC)CN(CCSCCCO)C1. The molecule has 0 bridgehead atoms. The Bertz CT molecular complexity index is 185. The molecule has 0 aromatic rings. The first kappa shape index (κ1) is 15.3. The van der Waals surface area contributed by atoms with Crippen LogP contribution >= 0.6 is 11.8 Å². The molecule has 0 aromatic heterocycles. The maximum Gasteiger partial charge on any atom is 0.0438 e. The predicted molar refractivity (Wildman–Crippen MR) is 77.7 cm³/mol. The van der Waals surface area contributed by atoms with Crippen molar-refractivity contribution in [2.75, 3.05) is 37.7 Å². The van der Waals surface area contributed by atoms with Gasteiger partial charge in [-0.25, -0.2) is 0 Å². The molecule has 102 valence electrons. The Morgan fingerprint density at radius 2 is 1.76 bits per heavy atom. The van der Waals surface area contributed by atoms with E-state index in [9.17, 15) is 0 Å². The zero-order valence-corrected chi connectivity index (χ0v) is 12.4. The van der Waals surface area contributed by atoms with Crippen molar-refractivity contribution in [2.24, 2.45) is 5.41 Å². The number of hydrogen-bond donors (Lipinski definition) is 1. The van der Waals surface area contributed by atoms with Crippen LogP contribution in [0.1, 0.15) is 46.0 Å². The summed E-state index contributed by atoms with van der Waals surface area (Å²) in [5.74, 6) is 2.34. The molecule has 0 unspecified atom stereocenters. The summed E-state index contributed by atoms with van der Waals surface area (Å²) < 4.78 is 0. The molecule has 1 fully saturated rings. The van der Waals surface area contributed by atoms with Crippen molar-refractivity contribution in [3.63, 3.8) is 0 Å². The van der Waals surface area contributed by atoms with Crippen LogP contribution in [-0.2, 0) is 0 Å². The molecule has 0 aromatic carbocycles. The van der Waals surface area contributed by atoms with Crippen LogP contribution in [0.2, 0.25) is 0 Å². The fourth-order valence-electron chi connectivity index (χ4n) is 3.02. The van der Waals surface area contributed by atoms with Crippen molar-refractivity contribution < 1.29 is 5.11 Å². The minimum Gasteiger partial charge on any atom is -0.396 e. The van der Waals surface area contributed by atoms with Crippen LogP contribution in [0.3, 0.4) is 0 Å². The summed E-state index contributed by atoms with van der Waals surface area (Å²) in [5.41, 5.74) is 0.666. The summed E-state index contributed by atoms with van der Waals surface area (Å²) in [6.07, 6.45) is 6.43. The van der Waals surface area contributed by atoms with Gasteiger partial charge < -0.3 is 10.0 Å². The molecule has 0 atom stereocenters. The summed E-state index contributed by atoms with van der Waals surface area (Å²) in [4.78, 5) is 2.61. The highest BCUT2D eigenvalue weighted by Gasteiger charge is 2.40. The number of rotatable bonds is 10. The number of hydrogen-bond acceptors (Lipinski definition) is 3. The van der Waals surface area contributed by atoms with E-state index < -0.39 is 0 Å². The zero-order chi connectivity index (χ0) is 12.6. The monoisotopic (exact) mass is 259 g/mol. The first-order valence-electron chi connectivity index (χ1n) is 7.17. The maximum absolute atomic E-state index is 8.70. The van der Waals surface area contributed by atoms with Gasteiger partial charge in [-0.05, 0) is 30.4 Å². The second-order valence-electron chi connectivity index (χ2n) is 5.40. The molecule has 1 heterocycles. The topological polar surface area (TPSA) is 23.5 Å². The third kappa shape index (κ3) is 5.19. The lowest BCUT2D eigenvalue weighted by Crippen LogP contribution is -2.56. The van der Waals surface area contributed by atoms with Crippen molar-refractivity contribution >= 4 is 11.8 Å². The van der Waals surface area contributed by atoms with E-state index in [1.807, 2.05) is 11.8 Å². The van der Waals surface area contributed by atoms with Crippen LogP contribution in [0, 0.1) is 5.41 Å². The van der Waals surface area contributed by atoms with Crippen LogP contribution in [0.4, 0.5) is 0 Å². The van der Waals surface area contributed by atoms with E-state index >= 15 is 0 Å². The molecule has 0 radical (unpaired) electrons. The number of aliphatic hydroxyl groups excluding tert-OH is 1. The summed E-state index contributed by atoms with van der Waals surface area (Å²) in [5, 5.41) is 8.70. The number of aliphatic hydroxyl groups is 1. The first-order chi connectivity index (χ1) is 8.26. The van der Waals surface area contributed by atoms with Gasteiger partial charge in [-0.2, -0.15) is 11.8 Å². The van der Waals surface area contributed by atoms with Crippen LogP contribution in [0.25, 0.3) is 0 Å². The standard InChI is InChI=1S/C14H29NOS/c1-3-6-14(7-4-2)12-15(13-14)8-11-17-10-5-9-16/h16H,3-13H2,1-2H3. The Kier molecular flexibility index (Phi) is 7.56. The van der Waals surface area contributed by atoms with E-state index in [1.54, 1.807) is 0 Å². The molecular weight excluding hydrogens is 230 g/mol. The van der Waals surface area contributed by atoms with Crippen molar-refractivity contribution in [1.82, 2.24) is 4.90 Å². The van der Waals surface area contributed by atoms with Crippen LogP contribution in [-0.4, -0.2) is 47.8 Å². The van der Waals surface area contributed by atoms with Gasteiger partial charge in [-0.1, -0.05) is 26.7 Å².